The van der Waals surface area contributed by atoms with Crippen LogP contribution in [0.5, 0.6) is 0 Å². The van der Waals surface area contributed by atoms with Crippen molar-refractivity contribution in [1.29, 1.82) is 0 Å². The highest BCUT2D eigenvalue weighted by Crippen LogP contribution is 2.24. The lowest BCUT2D eigenvalue weighted by molar-refractivity contribution is -0.123. The summed E-state index contributed by atoms with van der Waals surface area (Å²) in [6.45, 7) is 7.60. The SMILES string of the molecule is Cc1ccc(Cl)cc1Nc1ccc(NC(=O)C(C)(C)C)cn1. The normalized spacial score (nSPS) is 11.1. The lowest BCUT2D eigenvalue weighted by Crippen LogP contribution is -2.27. The summed E-state index contributed by atoms with van der Waals surface area (Å²) in [4.78, 5) is 16.2. The Kier molecular flexibility index (Phi) is 4.71. The van der Waals surface area contributed by atoms with E-state index in [-0.39, 0.29) is 5.91 Å². The number of benzene rings is 1. The second kappa shape index (κ2) is 6.36. The number of aryl methyl sites for hydroxylation is 1. The van der Waals surface area contributed by atoms with E-state index in [0.29, 0.717) is 16.5 Å². The average Bonchev–Trinajstić information content (AvgIpc) is 2.44. The zero-order valence-electron chi connectivity index (χ0n) is 13.2. The largest absolute Gasteiger partial charge is 0.340 e. The highest BCUT2D eigenvalue weighted by atomic mass is 35.5. The first-order valence-electron chi connectivity index (χ1n) is 7.06. The molecule has 1 aromatic heterocycles. The number of nitrogens with one attached hydrogen (secondary N) is 2. The summed E-state index contributed by atoms with van der Waals surface area (Å²) in [5, 5.41) is 6.73. The lowest BCUT2D eigenvalue weighted by atomic mass is 9.96. The number of carbonyl (C=O) groups excluding carboxylic acids is 1. The van der Waals surface area contributed by atoms with Crippen LogP contribution in [0.3, 0.4) is 0 Å². The molecule has 0 bridgehead atoms. The first-order valence-corrected chi connectivity index (χ1v) is 7.44. The molecule has 22 heavy (non-hydrogen) atoms. The number of hydrogen-bond acceptors (Lipinski definition) is 3. The Bertz CT molecular complexity index is 675. The van der Waals surface area contributed by atoms with Crippen molar-refractivity contribution in [2.45, 2.75) is 27.7 Å². The van der Waals surface area contributed by atoms with Gasteiger partial charge in [0.05, 0.1) is 11.9 Å². The molecule has 2 N–H and O–H groups in total. The van der Waals surface area contributed by atoms with Crippen LogP contribution in [0.15, 0.2) is 36.5 Å². The summed E-state index contributed by atoms with van der Waals surface area (Å²) >= 11 is 6.00. The van der Waals surface area contributed by atoms with Crippen molar-refractivity contribution in [2.75, 3.05) is 10.6 Å². The maximum atomic E-state index is 11.9. The molecule has 0 spiro atoms. The van der Waals surface area contributed by atoms with Gasteiger partial charge in [0, 0.05) is 16.1 Å². The summed E-state index contributed by atoms with van der Waals surface area (Å²) in [7, 11) is 0. The smallest absolute Gasteiger partial charge is 0.229 e. The number of amides is 1. The second-order valence-corrected chi connectivity index (χ2v) is 6.66. The van der Waals surface area contributed by atoms with Crippen LogP contribution in [0.2, 0.25) is 5.02 Å². The van der Waals surface area contributed by atoms with E-state index in [2.05, 4.69) is 15.6 Å². The molecule has 5 heteroatoms. The Morgan fingerprint density at radius 2 is 1.91 bits per heavy atom. The van der Waals surface area contributed by atoms with Gasteiger partial charge in [0.2, 0.25) is 5.91 Å². The molecular weight excluding hydrogens is 298 g/mol. The minimum atomic E-state index is -0.436. The Labute approximate surface area is 135 Å². The van der Waals surface area contributed by atoms with Gasteiger partial charge < -0.3 is 10.6 Å². The van der Waals surface area contributed by atoms with Gasteiger partial charge in [0.1, 0.15) is 5.82 Å². The molecule has 2 rings (SSSR count). The summed E-state index contributed by atoms with van der Waals surface area (Å²) in [6.07, 6.45) is 1.63. The summed E-state index contributed by atoms with van der Waals surface area (Å²) in [5.74, 6) is 0.653. The van der Waals surface area contributed by atoms with Gasteiger partial charge in [0.15, 0.2) is 0 Å². The minimum absolute atomic E-state index is 0.0410. The van der Waals surface area contributed by atoms with Crippen LogP contribution in [0, 0.1) is 12.3 Å². The van der Waals surface area contributed by atoms with Crippen molar-refractivity contribution in [2.24, 2.45) is 5.41 Å². The molecule has 0 aliphatic heterocycles. The third kappa shape index (κ3) is 4.21. The van der Waals surface area contributed by atoms with Crippen molar-refractivity contribution < 1.29 is 4.79 Å². The van der Waals surface area contributed by atoms with Gasteiger partial charge in [-0.15, -0.1) is 0 Å². The van der Waals surface area contributed by atoms with Gasteiger partial charge >= 0.3 is 0 Å². The van der Waals surface area contributed by atoms with Gasteiger partial charge in [-0.25, -0.2) is 4.98 Å². The van der Waals surface area contributed by atoms with Gasteiger partial charge in [-0.05, 0) is 36.8 Å². The Morgan fingerprint density at radius 1 is 1.18 bits per heavy atom. The van der Waals surface area contributed by atoms with E-state index in [1.165, 1.54) is 0 Å². The standard InChI is InChI=1S/C17H20ClN3O/c1-11-5-6-12(18)9-14(11)21-15-8-7-13(10-19-15)20-16(22)17(2,3)4/h5-10H,1-4H3,(H,19,21)(H,20,22). The summed E-state index contributed by atoms with van der Waals surface area (Å²) < 4.78 is 0. The fraction of sp³-hybridized carbons (Fsp3) is 0.294. The third-order valence-electron chi connectivity index (χ3n) is 3.16. The highest BCUT2D eigenvalue weighted by Gasteiger charge is 2.21. The Morgan fingerprint density at radius 3 is 2.50 bits per heavy atom. The molecule has 1 aromatic carbocycles. The Balaban J connectivity index is 2.09. The van der Waals surface area contributed by atoms with Gasteiger partial charge in [-0.2, -0.15) is 0 Å². The molecule has 1 heterocycles. The molecule has 0 fully saturated rings. The van der Waals surface area contributed by atoms with E-state index in [9.17, 15) is 4.79 Å². The molecule has 0 aliphatic rings. The van der Waals surface area contributed by atoms with Crippen LogP contribution < -0.4 is 10.6 Å². The molecule has 2 aromatic rings. The van der Waals surface area contributed by atoms with Crippen molar-refractivity contribution >= 4 is 34.7 Å². The van der Waals surface area contributed by atoms with Gasteiger partial charge in [0.25, 0.3) is 0 Å². The minimum Gasteiger partial charge on any atom is -0.340 e. The summed E-state index contributed by atoms with van der Waals surface area (Å²) in [5.41, 5.74) is 2.23. The highest BCUT2D eigenvalue weighted by molar-refractivity contribution is 6.30. The maximum Gasteiger partial charge on any atom is 0.229 e. The van der Waals surface area contributed by atoms with Crippen molar-refractivity contribution in [3.8, 4) is 0 Å². The van der Waals surface area contributed by atoms with Crippen LogP contribution in [0.4, 0.5) is 17.2 Å². The van der Waals surface area contributed by atoms with E-state index in [1.54, 1.807) is 6.20 Å². The monoisotopic (exact) mass is 317 g/mol. The third-order valence-corrected chi connectivity index (χ3v) is 3.40. The quantitative estimate of drug-likeness (QED) is 0.857. The molecule has 4 nitrogen and oxygen atoms in total. The molecular formula is C17H20ClN3O. The fourth-order valence-electron chi connectivity index (χ4n) is 1.73. The van der Waals surface area contributed by atoms with Crippen LogP contribution in [0.25, 0.3) is 0 Å². The number of nitrogens with zero attached hydrogens (tertiary/aromatic N) is 1. The number of halogens is 1. The Hall–Kier alpha value is -2.07. The van der Waals surface area contributed by atoms with Crippen LogP contribution in [-0.4, -0.2) is 10.9 Å². The molecule has 116 valence electrons. The van der Waals surface area contributed by atoms with Gasteiger partial charge in [-0.3, -0.25) is 4.79 Å². The van der Waals surface area contributed by atoms with E-state index in [4.69, 9.17) is 11.6 Å². The van der Waals surface area contributed by atoms with Crippen molar-refractivity contribution in [3.05, 3.63) is 47.1 Å². The zero-order chi connectivity index (χ0) is 16.3. The molecule has 0 saturated carbocycles. The maximum absolute atomic E-state index is 11.9. The topological polar surface area (TPSA) is 54.0 Å². The molecule has 1 amide bonds. The number of anilines is 3. The first kappa shape index (κ1) is 16.3. The van der Waals surface area contributed by atoms with E-state index >= 15 is 0 Å². The number of aromatic nitrogens is 1. The molecule has 0 unspecified atom stereocenters. The molecule has 0 radical (unpaired) electrons. The number of pyridine rings is 1. The summed E-state index contributed by atoms with van der Waals surface area (Å²) in [6, 6.07) is 9.29. The van der Waals surface area contributed by atoms with Crippen molar-refractivity contribution in [1.82, 2.24) is 4.98 Å². The van der Waals surface area contributed by atoms with Crippen LogP contribution >= 0.6 is 11.6 Å². The number of rotatable bonds is 3. The van der Waals surface area contributed by atoms with Crippen LogP contribution in [-0.2, 0) is 4.79 Å². The fourth-order valence-corrected chi connectivity index (χ4v) is 1.90. The molecule has 0 aliphatic carbocycles. The van der Waals surface area contributed by atoms with E-state index < -0.39 is 5.41 Å². The van der Waals surface area contributed by atoms with Crippen LogP contribution in [0.1, 0.15) is 26.3 Å². The predicted octanol–water partition coefficient (Wildman–Crippen LogP) is 4.77. The zero-order valence-corrected chi connectivity index (χ0v) is 14.0. The first-order chi connectivity index (χ1) is 10.3. The van der Waals surface area contributed by atoms with E-state index in [1.807, 2.05) is 58.0 Å². The van der Waals surface area contributed by atoms with Gasteiger partial charge in [-0.1, -0.05) is 38.4 Å². The predicted molar refractivity (Wildman–Crippen MR) is 91.8 cm³/mol. The van der Waals surface area contributed by atoms with E-state index in [0.717, 1.165) is 11.3 Å². The number of hydrogen-bond donors (Lipinski definition) is 2. The average molecular weight is 318 g/mol. The number of carbonyl (C=O) groups is 1. The second-order valence-electron chi connectivity index (χ2n) is 6.22. The lowest BCUT2D eigenvalue weighted by Gasteiger charge is -2.17. The van der Waals surface area contributed by atoms with Crippen molar-refractivity contribution in [3.63, 3.8) is 0 Å². The molecule has 0 saturated heterocycles. The molecule has 0 atom stereocenters.